The highest BCUT2D eigenvalue weighted by Crippen LogP contribution is 2.27. The molecule has 126 valence electrons. The normalized spacial score (nSPS) is 14.6. The summed E-state index contributed by atoms with van der Waals surface area (Å²) in [6.45, 7) is 5.35. The first-order chi connectivity index (χ1) is 11.7. The second-order valence-corrected chi connectivity index (χ2v) is 6.07. The van der Waals surface area contributed by atoms with Gasteiger partial charge in [-0.15, -0.1) is 0 Å². The Morgan fingerprint density at radius 3 is 2.42 bits per heavy atom. The molecule has 2 aromatic carbocycles. The number of hydrogen-bond acceptors (Lipinski definition) is 3. The molecule has 0 unspecified atom stereocenters. The van der Waals surface area contributed by atoms with Crippen LogP contribution in [0.2, 0.25) is 5.02 Å². The van der Waals surface area contributed by atoms with Crippen molar-refractivity contribution in [1.82, 2.24) is 4.90 Å². The summed E-state index contributed by atoms with van der Waals surface area (Å²) in [6.07, 6.45) is 0. The number of ether oxygens (including phenoxy) is 1. The monoisotopic (exact) mass is 344 g/mol. The number of halogens is 1. The van der Waals surface area contributed by atoms with Crippen LogP contribution in [0, 0.1) is 0 Å². The molecule has 4 nitrogen and oxygen atoms in total. The smallest absolute Gasteiger partial charge is 0.257 e. The van der Waals surface area contributed by atoms with Crippen LogP contribution < -0.4 is 9.64 Å². The molecule has 1 amide bonds. The van der Waals surface area contributed by atoms with Gasteiger partial charge in [-0.25, -0.2) is 0 Å². The van der Waals surface area contributed by atoms with Gasteiger partial charge in [-0.2, -0.15) is 0 Å². The molecule has 0 aliphatic carbocycles. The Morgan fingerprint density at radius 2 is 1.71 bits per heavy atom. The maximum Gasteiger partial charge on any atom is 0.257 e. The number of piperazine rings is 1. The molecule has 0 spiro atoms. The van der Waals surface area contributed by atoms with Gasteiger partial charge in [0.2, 0.25) is 0 Å². The molecular formula is C19H21ClN2O2. The van der Waals surface area contributed by atoms with Crippen LogP contribution in [-0.2, 0) is 0 Å². The first kappa shape index (κ1) is 16.7. The summed E-state index contributed by atoms with van der Waals surface area (Å²) in [7, 11) is 0. The lowest BCUT2D eigenvalue weighted by Crippen LogP contribution is -2.49. The minimum absolute atomic E-state index is 0.0258. The van der Waals surface area contributed by atoms with Crippen LogP contribution in [0.5, 0.6) is 5.75 Å². The number of para-hydroxylation sites is 2. The Morgan fingerprint density at radius 1 is 1.04 bits per heavy atom. The van der Waals surface area contributed by atoms with Gasteiger partial charge >= 0.3 is 0 Å². The average Bonchev–Trinajstić information content (AvgIpc) is 2.63. The average molecular weight is 345 g/mol. The summed E-state index contributed by atoms with van der Waals surface area (Å²) in [5.74, 6) is 0.677. The summed E-state index contributed by atoms with van der Waals surface area (Å²) < 4.78 is 5.58. The third kappa shape index (κ3) is 3.49. The molecule has 0 bridgehead atoms. The first-order valence-electron chi connectivity index (χ1n) is 8.21. The summed E-state index contributed by atoms with van der Waals surface area (Å²) in [6, 6.07) is 15.3. The van der Waals surface area contributed by atoms with Gasteiger partial charge in [-0.05, 0) is 31.2 Å². The highest BCUT2D eigenvalue weighted by Gasteiger charge is 2.24. The quantitative estimate of drug-likeness (QED) is 0.847. The third-order valence-corrected chi connectivity index (χ3v) is 4.50. The van der Waals surface area contributed by atoms with E-state index >= 15 is 0 Å². The van der Waals surface area contributed by atoms with E-state index in [0.717, 1.165) is 23.8 Å². The van der Waals surface area contributed by atoms with Crippen LogP contribution in [0.4, 0.5) is 5.69 Å². The van der Waals surface area contributed by atoms with Crippen molar-refractivity contribution in [3.05, 3.63) is 59.1 Å². The summed E-state index contributed by atoms with van der Waals surface area (Å²) in [5, 5.41) is 0.749. The number of hydrogen-bond donors (Lipinski definition) is 0. The highest BCUT2D eigenvalue weighted by atomic mass is 35.5. The molecule has 0 atom stereocenters. The zero-order chi connectivity index (χ0) is 16.9. The van der Waals surface area contributed by atoms with Gasteiger partial charge in [0, 0.05) is 26.2 Å². The van der Waals surface area contributed by atoms with E-state index in [1.807, 2.05) is 60.4 Å². The molecule has 24 heavy (non-hydrogen) atoms. The first-order valence-corrected chi connectivity index (χ1v) is 8.59. The molecule has 5 heteroatoms. The standard InChI is InChI=1S/C19H21ClN2O2/c1-2-24-18-10-6-3-7-15(18)19(23)22-13-11-21(12-14-22)17-9-5-4-8-16(17)20/h3-10H,2,11-14H2,1H3. The molecule has 1 fully saturated rings. The number of carbonyl (C=O) groups is 1. The molecule has 0 N–H and O–H groups in total. The topological polar surface area (TPSA) is 32.8 Å². The molecule has 2 aromatic rings. The van der Waals surface area contributed by atoms with Crippen molar-refractivity contribution in [3.8, 4) is 5.75 Å². The van der Waals surface area contributed by atoms with Crippen LogP contribution >= 0.6 is 11.6 Å². The Hall–Kier alpha value is -2.20. The number of nitrogens with zero attached hydrogens (tertiary/aromatic N) is 2. The van der Waals surface area contributed by atoms with Crippen molar-refractivity contribution in [2.45, 2.75) is 6.92 Å². The SMILES string of the molecule is CCOc1ccccc1C(=O)N1CCN(c2ccccc2Cl)CC1. The number of benzene rings is 2. The summed E-state index contributed by atoms with van der Waals surface area (Å²) in [5.41, 5.74) is 1.66. The number of anilines is 1. The maximum atomic E-state index is 12.8. The zero-order valence-corrected chi connectivity index (χ0v) is 14.5. The molecule has 1 heterocycles. The summed E-state index contributed by atoms with van der Waals surface area (Å²) in [4.78, 5) is 16.9. The Labute approximate surface area is 147 Å². The van der Waals surface area contributed by atoms with E-state index in [1.165, 1.54) is 0 Å². The predicted octanol–water partition coefficient (Wildman–Crippen LogP) is 3.70. The van der Waals surface area contributed by atoms with Gasteiger partial charge in [0.25, 0.3) is 5.91 Å². The molecule has 3 rings (SSSR count). The molecule has 0 radical (unpaired) electrons. The number of rotatable bonds is 4. The Balaban J connectivity index is 1.69. The number of carbonyl (C=O) groups excluding carboxylic acids is 1. The minimum Gasteiger partial charge on any atom is -0.493 e. The van der Waals surface area contributed by atoms with Gasteiger partial charge in [0.15, 0.2) is 0 Å². The van der Waals surface area contributed by atoms with Crippen LogP contribution in [-0.4, -0.2) is 43.6 Å². The molecule has 1 saturated heterocycles. The largest absolute Gasteiger partial charge is 0.493 e. The van der Waals surface area contributed by atoms with E-state index in [2.05, 4.69) is 4.90 Å². The molecule has 0 saturated carbocycles. The fourth-order valence-electron chi connectivity index (χ4n) is 2.95. The van der Waals surface area contributed by atoms with Crippen molar-refractivity contribution in [2.75, 3.05) is 37.7 Å². The second-order valence-electron chi connectivity index (χ2n) is 5.66. The van der Waals surface area contributed by atoms with Crippen LogP contribution in [0.25, 0.3) is 0 Å². The van der Waals surface area contributed by atoms with E-state index in [1.54, 1.807) is 0 Å². The summed E-state index contributed by atoms with van der Waals surface area (Å²) >= 11 is 6.27. The van der Waals surface area contributed by atoms with Crippen LogP contribution in [0.15, 0.2) is 48.5 Å². The third-order valence-electron chi connectivity index (χ3n) is 4.18. The van der Waals surface area contributed by atoms with E-state index in [9.17, 15) is 4.79 Å². The Kier molecular flexibility index (Phi) is 5.26. The fraction of sp³-hybridized carbons (Fsp3) is 0.316. The highest BCUT2D eigenvalue weighted by molar-refractivity contribution is 6.33. The second kappa shape index (κ2) is 7.58. The Bertz CT molecular complexity index is 712. The lowest BCUT2D eigenvalue weighted by Gasteiger charge is -2.36. The van der Waals surface area contributed by atoms with Crippen molar-refractivity contribution in [2.24, 2.45) is 0 Å². The number of amides is 1. The van der Waals surface area contributed by atoms with Crippen molar-refractivity contribution < 1.29 is 9.53 Å². The van der Waals surface area contributed by atoms with Crippen molar-refractivity contribution >= 4 is 23.2 Å². The van der Waals surface area contributed by atoms with Gasteiger partial charge < -0.3 is 14.5 Å². The fourth-order valence-corrected chi connectivity index (χ4v) is 3.21. The van der Waals surface area contributed by atoms with Gasteiger partial charge in [0.05, 0.1) is 22.9 Å². The minimum atomic E-state index is 0.0258. The zero-order valence-electron chi connectivity index (χ0n) is 13.7. The predicted molar refractivity (Wildman–Crippen MR) is 97.2 cm³/mol. The van der Waals surface area contributed by atoms with Crippen molar-refractivity contribution in [1.29, 1.82) is 0 Å². The lowest BCUT2D eigenvalue weighted by molar-refractivity contribution is 0.0742. The van der Waals surface area contributed by atoms with Gasteiger partial charge in [-0.3, -0.25) is 4.79 Å². The molecule has 0 aromatic heterocycles. The molecular weight excluding hydrogens is 324 g/mol. The van der Waals surface area contributed by atoms with E-state index in [4.69, 9.17) is 16.3 Å². The lowest BCUT2D eigenvalue weighted by atomic mass is 10.1. The maximum absolute atomic E-state index is 12.8. The van der Waals surface area contributed by atoms with Crippen LogP contribution in [0.3, 0.4) is 0 Å². The molecule has 1 aliphatic heterocycles. The molecule has 1 aliphatic rings. The van der Waals surface area contributed by atoms with E-state index < -0.39 is 0 Å². The van der Waals surface area contributed by atoms with Gasteiger partial charge in [0.1, 0.15) is 5.75 Å². The van der Waals surface area contributed by atoms with E-state index in [-0.39, 0.29) is 5.91 Å². The van der Waals surface area contributed by atoms with E-state index in [0.29, 0.717) is 31.0 Å². The van der Waals surface area contributed by atoms with Crippen molar-refractivity contribution in [3.63, 3.8) is 0 Å². The van der Waals surface area contributed by atoms with Gasteiger partial charge in [-0.1, -0.05) is 35.9 Å². The van der Waals surface area contributed by atoms with Crippen LogP contribution in [0.1, 0.15) is 17.3 Å².